The van der Waals surface area contributed by atoms with Crippen LogP contribution in [0.3, 0.4) is 0 Å². The smallest absolute Gasteiger partial charge is 0.303 e. The second-order valence-electron chi connectivity index (χ2n) is 7.57. The van der Waals surface area contributed by atoms with Crippen LogP contribution in [0.15, 0.2) is 78.9 Å². The van der Waals surface area contributed by atoms with Crippen molar-refractivity contribution in [3.8, 4) is 0 Å². The maximum atomic E-state index is 11.4. The highest BCUT2D eigenvalue weighted by Crippen LogP contribution is 2.24. The first-order valence-corrected chi connectivity index (χ1v) is 10.7. The van der Waals surface area contributed by atoms with Crippen LogP contribution in [0.1, 0.15) is 25.0 Å². The molecular formula is C26H25NO7. The molecule has 0 bridgehead atoms. The third-order valence-corrected chi connectivity index (χ3v) is 4.93. The SMILES string of the molecule is CC(=O)OC[C@H]1O[C@H](/C=C(\C=C\c2cccc([N+](=O)[O-])c2)c2ccccc2)C=C[C@@H]1OC(C)=O. The molecule has 0 spiro atoms. The fourth-order valence-corrected chi connectivity index (χ4v) is 3.39. The molecule has 1 aliphatic heterocycles. The highest BCUT2D eigenvalue weighted by molar-refractivity contribution is 5.79. The van der Waals surface area contributed by atoms with Gasteiger partial charge in [-0.05, 0) is 28.9 Å². The van der Waals surface area contributed by atoms with E-state index >= 15 is 0 Å². The van der Waals surface area contributed by atoms with E-state index in [4.69, 9.17) is 14.2 Å². The van der Waals surface area contributed by atoms with Crippen LogP contribution >= 0.6 is 0 Å². The van der Waals surface area contributed by atoms with Gasteiger partial charge in [0, 0.05) is 26.0 Å². The summed E-state index contributed by atoms with van der Waals surface area (Å²) in [5, 5.41) is 11.1. The van der Waals surface area contributed by atoms with E-state index in [1.165, 1.54) is 26.0 Å². The Morgan fingerprint density at radius 1 is 1.06 bits per heavy atom. The minimum atomic E-state index is -0.679. The molecule has 0 aliphatic carbocycles. The predicted octanol–water partition coefficient (Wildman–Crippen LogP) is 4.51. The summed E-state index contributed by atoms with van der Waals surface area (Å²) in [6.45, 7) is 2.53. The van der Waals surface area contributed by atoms with Crippen molar-refractivity contribution in [2.45, 2.75) is 32.2 Å². The molecule has 0 saturated heterocycles. The summed E-state index contributed by atoms with van der Waals surface area (Å²) in [5.74, 6) is -0.929. The van der Waals surface area contributed by atoms with Crippen molar-refractivity contribution >= 4 is 29.3 Å². The van der Waals surface area contributed by atoms with E-state index in [1.807, 2.05) is 42.5 Å². The molecule has 8 nitrogen and oxygen atoms in total. The number of carbonyl (C=O) groups is 2. The van der Waals surface area contributed by atoms with Gasteiger partial charge >= 0.3 is 11.9 Å². The van der Waals surface area contributed by atoms with Crippen LogP contribution in [-0.2, 0) is 23.8 Å². The van der Waals surface area contributed by atoms with Crippen LogP contribution in [0, 0.1) is 10.1 Å². The molecule has 0 unspecified atom stereocenters. The molecule has 3 atom stereocenters. The first kappa shape index (κ1) is 24.6. The maximum absolute atomic E-state index is 11.4. The van der Waals surface area contributed by atoms with Gasteiger partial charge in [-0.2, -0.15) is 0 Å². The molecule has 0 N–H and O–H groups in total. The van der Waals surface area contributed by atoms with Crippen LogP contribution in [0.2, 0.25) is 0 Å². The number of carbonyl (C=O) groups excluding carboxylic acids is 2. The van der Waals surface area contributed by atoms with Gasteiger partial charge in [0.15, 0.2) is 0 Å². The van der Waals surface area contributed by atoms with Crippen LogP contribution < -0.4 is 0 Å². The second-order valence-corrected chi connectivity index (χ2v) is 7.57. The van der Waals surface area contributed by atoms with E-state index in [9.17, 15) is 19.7 Å². The molecule has 3 rings (SSSR count). The first-order chi connectivity index (χ1) is 16.3. The summed E-state index contributed by atoms with van der Waals surface area (Å²) in [7, 11) is 0. The number of non-ortho nitro benzene ring substituents is 1. The molecule has 0 fully saturated rings. The van der Waals surface area contributed by atoms with Crippen molar-refractivity contribution in [3.05, 3.63) is 100 Å². The molecule has 8 heteroatoms. The van der Waals surface area contributed by atoms with E-state index in [0.717, 1.165) is 11.1 Å². The van der Waals surface area contributed by atoms with Crippen molar-refractivity contribution in [1.29, 1.82) is 0 Å². The van der Waals surface area contributed by atoms with E-state index < -0.39 is 35.2 Å². The largest absolute Gasteiger partial charge is 0.463 e. The van der Waals surface area contributed by atoms with Gasteiger partial charge in [-0.25, -0.2) is 0 Å². The first-order valence-electron chi connectivity index (χ1n) is 10.7. The molecule has 2 aromatic rings. The molecule has 0 radical (unpaired) electrons. The van der Waals surface area contributed by atoms with E-state index in [1.54, 1.807) is 30.4 Å². The van der Waals surface area contributed by atoms with Crippen molar-refractivity contribution in [3.63, 3.8) is 0 Å². The number of nitro benzene ring substituents is 1. The Hall–Kier alpha value is -4.04. The summed E-state index contributed by atoms with van der Waals surface area (Å²) < 4.78 is 16.4. The fourth-order valence-electron chi connectivity index (χ4n) is 3.39. The summed E-state index contributed by atoms with van der Waals surface area (Å²) >= 11 is 0. The van der Waals surface area contributed by atoms with Gasteiger partial charge in [-0.3, -0.25) is 19.7 Å². The highest BCUT2D eigenvalue weighted by Gasteiger charge is 2.30. The van der Waals surface area contributed by atoms with Crippen molar-refractivity contribution in [2.24, 2.45) is 0 Å². The molecule has 176 valence electrons. The van der Waals surface area contributed by atoms with Gasteiger partial charge in [0.05, 0.1) is 11.0 Å². The predicted molar refractivity (Wildman–Crippen MR) is 127 cm³/mol. The van der Waals surface area contributed by atoms with Crippen molar-refractivity contribution in [1.82, 2.24) is 0 Å². The summed E-state index contributed by atoms with van der Waals surface area (Å²) in [6.07, 6.45) is 7.16. The molecule has 2 aromatic carbocycles. The van der Waals surface area contributed by atoms with E-state index in [2.05, 4.69) is 0 Å². The standard InChI is InChI=1S/C26H25NO7/c1-18(28)32-17-26-25(33-19(2)29)14-13-24(34-26)16-22(21-8-4-3-5-9-21)12-11-20-7-6-10-23(15-20)27(30)31/h3-16,24-26H,17H2,1-2H3/b12-11+,22-16+/t24-,25-,26+/m0/s1. The number of allylic oxidation sites excluding steroid dienone is 2. The van der Waals surface area contributed by atoms with Crippen LogP contribution in [0.4, 0.5) is 5.69 Å². The lowest BCUT2D eigenvalue weighted by Gasteiger charge is -2.30. The van der Waals surface area contributed by atoms with E-state index in [-0.39, 0.29) is 12.3 Å². The number of rotatable bonds is 8. The third kappa shape index (κ3) is 7.25. The lowest BCUT2D eigenvalue weighted by molar-refractivity contribution is -0.384. The quantitative estimate of drug-likeness (QED) is 0.186. The van der Waals surface area contributed by atoms with Gasteiger partial charge < -0.3 is 14.2 Å². The summed E-state index contributed by atoms with van der Waals surface area (Å²) in [6, 6.07) is 15.9. The minimum Gasteiger partial charge on any atom is -0.463 e. The molecule has 0 amide bonds. The minimum absolute atomic E-state index is 0.00997. The summed E-state index contributed by atoms with van der Waals surface area (Å²) in [5.41, 5.74) is 2.42. The Morgan fingerprint density at radius 3 is 2.50 bits per heavy atom. The molecule has 0 aromatic heterocycles. The average molecular weight is 463 g/mol. The highest BCUT2D eigenvalue weighted by atomic mass is 16.6. The summed E-state index contributed by atoms with van der Waals surface area (Å²) in [4.78, 5) is 33.4. The Bertz CT molecular complexity index is 1120. The zero-order valence-corrected chi connectivity index (χ0v) is 18.8. The number of hydrogen-bond donors (Lipinski definition) is 0. The Morgan fingerprint density at radius 2 is 1.82 bits per heavy atom. The monoisotopic (exact) mass is 463 g/mol. The number of nitro groups is 1. The molecule has 34 heavy (non-hydrogen) atoms. The Kier molecular flexibility index (Phi) is 8.48. The van der Waals surface area contributed by atoms with Gasteiger partial charge in [0.1, 0.15) is 18.8 Å². The van der Waals surface area contributed by atoms with Crippen LogP contribution in [-0.4, -0.2) is 41.8 Å². The normalized spacial score (nSPS) is 20.2. The zero-order valence-electron chi connectivity index (χ0n) is 18.8. The van der Waals surface area contributed by atoms with Crippen LogP contribution in [0.5, 0.6) is 0 Å². The number of benzene rings is 2. The van der Waals surface area contributed by atoms with Crippen LogP contribution in [0.25, 0.3) is 11.6 Å². The number of nitrogens with zero attached hydrogens (tertiary/aromatic N) is 1. The number of esters is 2. The molecule has 1 aliphatic rings. The number of hydrogen-bond acceptors (Lipinski definition) is 7. The van der Waals surface area contributed by atoms with Gasteiger partial charge in [0.25, 0.3) is 5.69 Å². The average Bonchev–Trinajstić information content (AvgIpc) is 2.82. The Labute approximate surface area is 197 Å². The lowest BCUT2D eigenvalue weighted by atomic mass is 10.0. The van der Waals surface area contributed by atoms with Crippen molar-refractivity contribution in [2.75, 3.05) is 6.61 Å². The van der Waals surface area contributed by atoms with E-state index in [0.29, 0.717) is 5.56 Å². The lowest BCUT2D eigenvalue weighted by Crippen LogP contribution is -2.41. The Balaban J connectivity index is 1.90. The van der Waals surface area contributed by atoms with Gasteiger partial charge in [-0.1, -0.05) is 60.7 Å². The maximum Gasteiger partial charge on any atom is 0.303 e. The van der Waals surface area contributed by atoms with Crippen molar-refractivity contribution < 1.29 is 28.7 Å². The van der Waals surface area contributed by atoms with Gasteiger partial charge in [0.2, 0.25) is 0 Å². The third-order valence-electron chi connectivity index (χ3n) is 4.93. The topological polar surface area (TPSA) is 105 Å². The zero-order chi connectivity index (χ0) is 24.5. The second kappa shape index (κ2) is 11.7. The molecular weight excluding hydrogens is 438 g/mol. The van der Waals surface area contributed by atoms with Gasteiger partial charge in [-0.15, -0.1) is 0 Å². The molecule has 1 heterocycles. The number of ether oxygens (including phenoxy) is 3. The fraction of sp³-hybridized carbons (Fsp3) is 0.231. The molecule has 0 saturated carbocycles.